The predicted molar refractivity (Wildman–Crippen MR) is 126 cm³/mol. The highest BCUT2D eigenvalue weighted by molar-refractivity contribution is 9.10. The van der Waals surface area contributed by atoms with E-state index >= 15 is 0 Å². The first-order chi connectivity index (χ1) is 16.0. The van der Waals surface area contributed by atoms with Crippen LogP contribution in [-0.4, -0.2) is 17.7 Å². The van der Waals surface area contributed by atoms with Crippen molar-refractivity contribution in [2.75, 3.05) is 6.61 Å². The zero-order chi connectivity index (χ0) is 23.6. The smallest absolute Gasteiger partial charge is 0.269 e. The molecular formula is C24H20BrN3O5. The molecule has 168 valence electrons. The number of nitriles is 1. The first-order valence-corrected chi connectivity index (χ1v) is 10.8. The van der Waals surface area contributed by atoms with Crippen LogP contribution in [0.3, 0.4) is 0 Å². The maximum atomic E-state index is 10.8. The summed E-state index contributed by atoms with van der Waals surface area (Å²) in [5.74, 6) is 1.03. The first kappa shape index (κ1) is 23.8. The van der Waals surface area contributed by atoms with E-state index in [1.807, 2.05) is 25.1 Å². The second-order valence-corrected chi connectivity index (χ2v) is 7.61. The Balaban J connectivity index is 1.69. The standard InChI is InChI=1S/C24H20BrN3O5/c1-2-31-23-12-18(14-27-33-16-20-6-4-3-5-19(20)13-26)11-22(25)24(23)32-15-17-7-9-21(10-8-17)28(29)30/h3-12,14H,2,15-16H2,1H3/b27-14-. The molecular weight excluding hydrogens is 490 g/mol. The highest BCUT2D eigenvalue weighted by Gasteiger charge is 2.13. The van der Waals surface area contributed by atoms with Crippen molar-refractivity contribution in [1.82, 2.24) is 0 Å². The normalized spacial score (nSPS) is 10.6. The van der Waals surface area contributed by atoms with Crippen LogP contribution >= 0.6 is 15.9 Å². The van der Waals surface area contributed by atoms with E-state index in [4.69, 9.17) is 19.6 Å². The molecule has 0 radical (unpaired) electrons. The van der Waals surface area contributed by atoms with Crippen molar-refractivity contribution < 1.29 is 19.2 Å². The van der Waals surface area contributed by atoms with Crippen molar-refractivity contribution in [2.24, 2.45) is 5.16 Å². The Morgan fingerprint density at radius 3 is 2.58 bits per heavy atom. The van der Waals surface area contributed by atoms with Crippen LogP contribution in [0.2, 0.25) is 0 Å². The topological polar surface area (TPSA) is 107 Å². The number of rotatable bonds is 10. The van der Waals surface area contributed by atoms with Crippen LogP contribution in [0.25, 0.3) is 0 Å². The van der Waals surface area contributed by atoms with E-state index in [1.165, 1.54) is 12.1 Å². The molecule has 9 heteroatoms. The largest absolute Gasteiger partial charge is 0.490 e. The van der Waals surface area contributed by atoms with Crippen molar-refractivity contribution in [2.45, 2.75) is 20.1 Å². The number of hydrogen-bond acceptors (Lipinski definition) is 7. The number of ether oxygens (including phenoxy) is 2. The van der Waals surface area contributed by atoms with Crippen LogP contribution in [0, 0.1) is 21.4 Å². The Morgan fingerprint density at radius 2 is 1.88 bits per heavy atom. The second-order valence-electron chi connectivity index (χ2n) is 6.75. The van der Waals surface area contributed by atoms with Gasteiger partial charge in [-0.05, 0) is 58.7 Å². The van der Waals surface area contributed by atoms with E-state index in [-0.39, 0.29) is 18.9 Å². The molecule has 0 aliphatic carbocycles. The molecule has 0 atom stereocenters. The molecule has 33 heavy (non-hydrogen) atoms. The Labute approximate surface area is 199 Å². The molecule has 0 aliphatic rings. The van der Waals surface area contributed by atoms with Gasteiger partial charge in [0.15, 0.2) is 11.5 Å². The summed E-state index contributed by atoms with van der Waals surface area (Å²) in [6, 6.07) is 19.0. The lowest BCUT2D eigenvalue weighted by molar-refractivity contribution is -0.384. The van der Waals surface area contributed by atoms with Crippen LogP contribution in [-0.2, 0) is 18.1 Å². The van der Waals surface area contributed by atoms with E-state index in [9.17, 15) is 10.1 Å². The lowest BCUT2D eigenvalue weighted by Gasteiger charge is -2.14. The highest BCUT2D eigenvalue weighted by Crippen LogP contribution is 2.37. The van der Waals surface area contributed by atoms with Gasteiger partial charge in [-0.1, -0.05) is 23.4 Å². The third-order valence-electron chi connectivity index (χ3n) is 4.50. The zero-order valence-electron chi connectivity index (χ0n) is 17.7. The van der Waals surface area contributed by atoms with Gasteiger partial charge in [-0.3, -0.25) is 10.1 Å². The zero-order valence-corrected chi connectivity index (χ0v) is 19.3. The molecule has 3 rings (SSSR count). The number of nitrogens with zero attached hydrogens (tertiary/aromatic N) is 3. The number of nitro groups is 1. The van der Waals surface area contributed by atoms with Gasteiger partial charge in [-0.25, -0.2) is 0 Å². The van der Waals surface area contributed by atoms with Crippen molar-refractivity contribution in [3.8, 4) is 17.6 Å². The molecule has 0 aromatic heterocycles. The number of benzene rings is 3. The average molecular weight is 510 g/mol. The molecule has 0 saturated carbocycles. The summed E-state index contributed by atoms with van der Waals surface area (Å²) in [4.78, 5) is 15.7. The fourth-order valence-corrected chi connectivity index (χ4v) is 3.47. The van der Waals surface area contributed by atoms with Gasteiger partial charge < -0.3 is 14.3 Å². The van der Waals surface area contributed by atoms with Gasteiger partial charge in [0.05, 0.1) is 33.9 Å². The van der Waals surface area contributed by atoms with Crippen LogP contribution in [0.5, 0.6) is 11.5 Å². The molecule has 0 N–H and O–H groups in total. The molecule has 0 bridgehead atoms. The van der Waals surface area contributed by atoms with Crippen molar-refractivity contribution in [3.05, 3.63) is 97.5 Å². The van der Waals surface area contributed by atoms with Crippen LogP contribution in [0.1, 0.15) is 29.2 Å². The lowest BCUT2D eigenvalue weighted by Crippen LogP contribution is -2.02. The van der Waals surface area contributed by atoms with E-state index in [0.717, 1.165) is 16.7 Å². The molecule has 8 nitrogen and oxygen atoms in total. The Kier molecular flexibility index (Phi) is 8.38. The summed E-state index contributed by atoms with van der Waals surface area (Å²) in [5.41, 5.74) is 2.83. The van der Waals surface area contributed by atoms with Gasteiger partial charge in [0.2, 0.25) is 0 Å². The summed E-state index contributed by atoms with van der Waals surface area (Å²) in [6.07, 6.45) is 1.54. The summed E-state index contributed by atoms with van der Waals surface area (Å²) in [7, 11) is 0. The van der Waals surface area contributed by atoms with E-state index < -0.39 is 4.92 Å². The monoisotopic (exact) mass is 509 g/mol. The molecule has 0 aliphatic heterocycles. The van der Waals surface area contributed by atoms with Crippen LogP contribution in [0.15, 0.2) is 70.3 Å². The summed E-state index contributed by atoms with van der Waals surface area (Å²) < 4.78 is 12.3. The molecule has 3 aromatic rings. The Morgan fingerprint density at radius 1 is 1.12 bits per heavy atom. The van der Waals surface area contributed by atoms with Gasteiger partial charge in [0, 0.05) is 23.3 Å². The average Bonchev–Trinajstić information content (AvgIpc) is 2.82. The van der Waals surface area contributed by atoms with E-state index in [1.54, 1.807) is 36.5 Å². The number of nitro benzene ring substituents is 1. The quantitative estimate of drug-likeness (QED) is 0.195. The van der Waals surface area contributed by atoms with Crippen molar-refractivity contribution in [1.29, 1.82) is 5.26 Å². The maximum Gasteiger partial charge on any atom is 0.269 e. The molecule has 3 aromatic carbocycles. The summed E-state index contributed by atoms with van der Waals surface area (Å²) in [5, 5.41) is 23.9. The molecule has 0 saturated heterocycles. The Bertz CT molecular complexity index is 1190. The SMILES string of the molecule is CCOc1cc(/C=N\OCc2ccccc2C#N)cc(Br)c1OCc1ccc([N+](=O)[O-])cc1. The molecule has 0 unspecified atom stereocenters. The van der Waals surface area contributed by atoms with E-state index in [0.29, 0.717) is 28.1 Å². The number of non-ortho nitro benzene ring substituents is 1. The maximum absolute atomic E-state index is 10.8. The molecule has 0 heterocycles. The summed E-state index contributed by atoms with van der Waals surface area (Å²) in [6.45, 7) is 2.69. The summed E-state index contributed by atoms with van der Waals surface area (Å²) >= 11 is 3.50. The number of halogens is 1. The molecule has 0 fully saturated rings. The number of hydrogen-bond donors (Lipinski definition) is 0. The molecule has 0 amide bonds. The van der Waals surface area contributed by atoms with Gasteiger partial charge in [0.1, 0.15) is 13.2 Å². The Hall–Kier alpha value is -3.90. The fourth-order valence-electron chi connectivity index (χ4n) is 2.90. The van der Waals surface area contributed by atoms with Crippen LogP contribution < -0.4 is 9.47 Å². The van der Waals surface area contributed by atoms with Gasteiger partial charge in [-0.15, -0.1) is 0 Å². The van der Waals surface area contributed by atoms with Crippen molar-refractivity contribution in [3.63, 3.8) is 0 Å². The second kappa shape index (κ2) is 11.6. The van der Waals surface area contributed by atoms with Crippen LogP contribution in [0.4, 0.5) is 5.69 Å². The third-order valence-corrected chi connectivity index (χ3v) is 5.09. The molecule has 0 spiro atoms. The first-order valence-electron chi connectivity index (χ1n) is 9.97. The predicted octanol–water partition coefficient (Wildman–Crippen LogP) is 5.76. The minimum absolute atomic E-state index is 0.0249. The minimum Gasteiger partial charge on any atom is -0.490 e. The lowest BCUT2D eigenvalue weighted by atomic mass is 10.1. The van der Waals surface area contributed by atoms with Gasteiger partial charge in [0.25, 0.3) is 5.69 Å². The van der Waals surface area contributed by atoms with Gasteiger partial charge in [-0.2, -0.15) is 5.26 Å². The fraction of sp³-hybridized carbons (Fsp3) is 0.167. The minimum atomic E-state index is -0.444. The van der Waals surface area contributed by atoms with E-state index in [2.05, 4.69) is 27.2 Å². The van der Waals surface area contributed by atoms with Gasteiger partial charge >= 0.3 is 0 Å². The van der Waals surface area contributed by atoms with Crippen molar-refractivity contribution >= 4 is 27.8 Å². The highest BCUT2D eigenvalue weighted by atomic mass is 79.9. The third kappa shape index (κ3) is 6.54. The number of oxime groups is 1.